The van der Waals surface area contributed by atoms with Crippen LogP contribution >= 0.6 is 23.1 Å². The molecule has 1 amide bonds. The van der Waals surface area contributed by atoms with E-state index in [9.17, 15) is 9.59 Å². The zero-order valence-corrected chi connectivity index (χ0v) is 17.5. The van der Waals surface area contributed by atoms with Gasteiger partial charge < -0.3 is 5.32 Å². The molecule has 146 valence electrons. The first kappa shape index (κ1) is 19.4. The third-order valence-corrected chi connectivity index (χ3v) is 6.11. The molecule has 29 heavy (non-hydrogen) atoms. The van der Waals surface area contributed by atoms with Crippen molar-refractivity contribution in [3.8, 4) is 5.69 Å². The van der Waals surface area contributed by atoms with Crippen LogP contribution in [0.4, 0.5) is 5.13 Å². The lowest BCUT2D eigenvalue weighted by Crippen LogP contribution is -2.23. The molecule has 1 N–H and O–H groups in total. The number of fused-ring (bicyclic) bond motifs is 1. The third-order valence-electron chi connectivity index (χ3n) is 4.30. The van der Waals surface area contributed by atoms with Crippen LogP contribution < -0.4 is 10.9 Å². The number of anilines is 1. The molecule has 0 unspecified atom stereocenters. The molecule has 8 heteroatoms. The quantitative estimate of drug-likeness (QED) is 0.385. The van der Waals surface area contributed by atoms with Crippen LogP contribution in [0, 0.1) is 13.8 Å². The summed E-state index contributed by atoms with van der Waals surface area (Å²) in [6, 6.07) is 14.9. The van der Waals surface area contributed by atoms with E-state index in [0.29, 0.717) is 21.2 Å². The van der Waals surface area contributed by atoms with Crippen molar-refractivity contribution in [2.45, 2.75) is 19.0 Å². The number of nitrogens with one attached hydrogen (secondary N) is 1. The van der Waals surface area contributed by atoms with Gasteiger partial charge >= 0.3 is 0 Å². The van der Waals surface area contributed by atoms with Crippen LogP contribution in [0.25, 0.3) is 16.6 Å². The van der Waals surface area contributed by atoms with E-state index in [1.807, 2.05) is 55.6 Å². The van der Waals surface area contributed by atoms with Gasteiger partial charge in [-0.15, -0.1) is 11.3 Å². The summed E-state index contributed by atoms with van der Waals surface area (Å²) >= 11 is 2.61. The molecular formula is C21H18N4O2S2. The standard InChI is InChI=1S/C21H18N4O2S2/c1-13-7-3-6-10-17(13)25-19(27)15-8-4-5-9-16(15)23-21(25)29-12-18(26)24-20-22-14(2)11-28-20/h3-11H,12H2,1-2H3,(H,22,24,26). The van der Waals surface area contributed by atoms with E-state index >= 15 is 0 Å². The lowest BCUT2D eigenvalue weighted by atomic mass is 10.2. The van der Waals surface area contributed by atoms with Gasteiger partial charge in [0.05, 0.1) is 28.0 Å². The number of amides is 1. The van der Waals surface area contributed by atoms with Gasteiger partial charge in [-0.1, -0.05) is 42.1 Å². The smallest absolute Gasteiger partial charge is 0.266 e. The van der Waals surface area contributed by atoms with Crippen molar-refractivity contribution in [1.82, 2.24) is 14.5 Å². The van der Waals surface area contributed by atoms with E-state index in [4.69, 9.17) is 0 Å². The normalized spacial score (nSPS) is 11.0. The lowest BCUT2D eigenvalue weighted by molar-refractivity contribution is -0.113. The van der Waals surface area contributed by atoms with E-state index in [-0.39, 0.29) is 17.2 Å². The summed E-state index contributed by atoms with van der Waals surface area (Å²) in [6.45, 7) is 3.82. The third kappa shape index (κ3) is 4.08. The van der Waals surface area contributed by atoms with Crippen LogP contribution in [0.2, 0.25) is 0 Å². The van der Waals surface area contributed by atoms with Crippen LogP contribution in [-0.2, 0) is 4.79 Å². The largest absolute Gasteiger partial charge is 0.301 e. The molecule has 0 bridgehead atoms. The maximum absolute atomic E-state index is 13.2. The summed E-state index contributed by atoms with van der Waals surface area (Å²) in [5.41, 5.74) is 3.04. The molecule has 0 aliphatic carbocycles. The average Bonchev–Trinajstić information content (AvgIpc) is 3.12. The van der Waals surface area contributed by atoms with Crippen LogP contribution in [0.5, 0.6) is 0 Å². The number of aromatic nitrogens is 3. The number of benzene rings is 2. The molecule has 2 aromatic carbocycles. The van der Waals surface area contributed by atoms with Gasteiger partial charge in [-0.2, -0.15) is 0 Å². The molecule has 0 aliphatic heterocycles. The highest BCUT2D eigenvalue weighted by atomic mass is 32.2. The predicted octanol–water partition coefficient (Wildman–Crippen LogP) is 4.19. The summed E-state index contributed by atoms with van der Waals surface area (Å²) < 4.78 is 1.59. The van der Waals surface area contributed by atoms with Gasteiger partial charge in [0, 0.05) is 5.38 Å². The van der Waals surface area contributed by atoms with E-state index in [1.165, 1.54) is 23.1 Å². The first-order valence-corrected chi connectivity index (χ1v) is 10.8. The maximum atomic E-state index is 13.2. The van der Waals surface area contributed by atoms with Gasteiger partial charge in [-0.05, 0) is 37.6 Å². The van der Waals surface area contributed by atoms with Gasteiger partial charge in [0.2, 0.25) is 5.91 Å². The van der Waals surface area contributed by atoms with Crippen LogP contribution in [0.15, 0.2) is 63.9 Å². The molecule has 2 aromatic heterocycles. The molecule has 2 heterocycles. The minimum Gasteiger partial charge on any atom is -0.301 e. The van der Waals surface area contributed by atoms with E-state index < -0.39 is 0 Å². The molecule has 0 spiro atoms. The number of para-hydroxylation sites is 2. The number of thioether (sulfide) groups is 1. The highest BCUT2D eigenvalue weighted by molar-refractivity contribution is 7.99. The van der Waals surface area contributed by atoms with Gasteiger partial charge in [-0.3, -0.25) is 14.2 Å². The Kier molecular flexibility index (Phi) is 5.46. The fourth-order valence-electron chi connectivity index (χ4n) is 2.93. The second-order valence-corrected chi connectivity index (χ2v) is 8.27. The summed E-state index contributed by atoms with van der Waals surface area (Å²) in [5, 5.41) is 6.26. The Balaban J connectivity index is 1.71. The maximum Gasteiger partial charge on any atom is 0.266 e. The molecule has 4 aromatic rings. The SMILES string of the molecule is Cc1csc(NC(=O)CSc2nc3ccccc3c(=O)n2-c2ccccc2C)n1. The molecule has 0 fully saturated rings. The molecule has 6 nitrogen and oxygen atoms in total. The van der Waals surface area contributed by atoms with Crippen molar-refractivity contribution < 1.29 is 4.79 Å². The fraction of sp³-hybridized carbons (Fsp3) is 0.143. The zero-order chi connectivity index (χ0) is 20.4. The first-order valence-electron chi connectivity index (χ1n) is 8.95. The number of rotatable bonds is 5. The zero-order valence-electron chi connectivity index (χ0n) is 15.9. The fourth-order valence-corrected chi connectivity index (χ4v) is 4.44. The number of carbonyl (C=O) groups is 1. The van der Waals surface area contributed by atoms with E-state index in [2.05, 4.69) is 15.3 Å². The molecule has 0 aliphatic rings. The van der Waals surface area contributed by atoms with Crippen LogP contribution in [0.3, 0.4) is 0 Å². The van der Waals surface area contributed by atoms with Gasteiger partial charge in [0.25, 0.3) is 5.56 Å². The predicted molar refractivity (Wildman–Crippen MR) is 118 cm³/mol. The summed E-state index contributed by atoms with van der Waals surface area (Å²) in [4.78, 5) is 34.5. The summed E-state index contributed by atoms with van der Waals surface area (Å²) in [6.07, 6.45) is 0. The van der Waals surface area contributed by atoms with Crippen molar-refractivity contribution in [1.29, 1.82) is 0 Å². The van der Waals surface area contributed by atoms with Crippen molar-refractivity contribution in [3.05, 3.63) is 75.5 Å². The number of thiazole rings is 1. The van der Waals surface area contributed by atoms with Crippen molar-refractivity contribution in [2.75, 3.05) is 11.1 Å². The summed E-state index contributed by atoms with van der Waals surface area (Å²) in [5.74, 6) is -0.0713. The Morgan fingerprint density at radius 1 is 1.10 bits per heavy atom. The molecule has 0 radical (unpaired) electrons. The molecule has 0 atom stereocenters. The monoisotopic (exact) mass is 422 g/mol. The Labute approximate surface area is 175 Å². The van der Waals surface area contributed by atoms with Crippen molar-refractivity contribution in [3.63, 3.8) is 0 Å². The Morgan fingerprint density at radius 2 is 1.86 bits per heavy atom. The van der Waals surface area contributed by atoms with Crippen LogP contribution in [-0.4, -0.2) is 26.2 Å². The Bertz CT molecular complexity index is 1260. The lowest BCUT2D eigenvalue weighted by Gasteiger charge is -2.14. The number of carbonyl (C=O) groups excluding carboxylic acids is 1. The van der Waals surface area contributed by atoms with E-state index in [0.717, 1.165) is 16.9 Å². The second kappa shape index (κ2) is 8.18. The number of nitrogens with zero attached hydrogens (tertiary/aromatic N) is 3. The van der Waals surface area contributed by atoms with E-state index in [1.54, 1.807) is 16.7 Å². The number of aryl methyl sites for hydroxylation is 2. The number of hydrogen-bond acceptors (Lipinski definition) is 6. The van der Waals surface area contributed by atoms with Gasteiger partial charge in [0.15, 0.2) is 10.3 Å². The highest BCUT2D eigenvalue weighted by Gasteiger charge is 2.16. The molecule has 0 saturated carbocycles. The topological polar surface area (TPSA) is 76.9 Å². The molecule has 0 saturated heterocycles. The number of hydrogen-bond donors (Lipinski definition) is 1. The Morgan fingerprint density at radius 3 is 2.62 bits per heavy atom. The molecule has 4 rings (SSSR count). The van der Waals surface area contributed by atoms with Gasteiger partial charge in [-0.25, -0.2) is 9.97 Å². The van der Waals surface area contributed by atoms with Crippen molar-refractivity contribution in [2.24, 2.45) is 0 Å². The summed E-state index contributed by atoms with van der Waals surface area (Å²) in [7, 11) is 0. The van der Waals surface area contributed by atoms with Crippen molar-refractivity contribution >= 4 is 45.0 Å². The average molecular weight is 423 g/mol. The molecular weight excluding hydrogens is 404 g/mol. The Hall–Kier alpha value is -2.97. The highest BCUT2D eigenvalue weighted by Crippen LogP contribution is 2.23. The minimum absolute atomic E-state index is 0.120. The van der Waals surface area contributed by atoms with Crippen LogP contribution in [0.1, 0.15) is 11.3 Å². The second-order valence-electron chi connectivity index (χ2n) is 6.47. The van der Waals surface area contributed by atoms with Gasteiger partial charge in [0.1, 0.15) is 0 Å². The minimum atomic E-state index is -0.192. The first-order chi connectivity index (χ1) is 14.0.